The minimum absolute atomic E-state index is 0.201. The van der Waals surface area contributed by atoms with Gasteiger partial charge in [0.25, 0.3) is 0 Å². The molecule has 0 spiro atoms. The van der Waals surface area contributed by atoms with Crippen molar-refractivity contribution in [3.05, 3.63) is 72.4 Å². The molecule has 4 rings (SSSR count). The number of benzene rings is 1. The van der Waals surface area contributed by atoms with Gasteiger partial charge in [0.2, 0.25) is 0 Å². The maximum absolute atomic E-state index is 14.0. The fourth-order valence-corrected chi connectivity index (χ4v) is 3.73. The van der Waals surface area contributed by atoms with E-state index >= 15 is 0 Å². The zero-order valence-corrected chi connectivity index (χ0v) is 17.7. The molecule has 1 aliphatic heterocycles. The maximum atomic E-state index is 14.0. The molecule has 1 saturated heterocycles. The lowest BCUT2D eigenvalue weighted by atomic mass is 10.1. The van der Waals surface area contributed by atoms with Crippen molar-refractivity contribution in [1.29, 1.82) is 0 Å². The molecule has 1 fully saturated rings. The molecule has 162 valence electrons. The molecule has 2 aromatic heterocycles. The highest BCUT2D eigenvalue weighted by molar-refractivity contribution is 5.80. The molecular formula is C23H28FN7. The van der Waals surface area contributed by atoms with E-state index in [1.165, 1.54) is 11.6 Å². The summed E-state index contributed by atoms with van der Waals surface area (Å²) >= 11 is 0. The molecule has 3 heterocycles. The lowest BCUT2D eigenvalue weighted by Crippen LogP contribution is -2.44. The Kier molecular flexibility index (Phi) is 6.76. The van der Waals surface area contributed by atoms with Gasteiger partial charge in [0.05, 0.1) is 5.69 Å². The van der Waals surface area contributed by atoms with Crippen molar-refractivity contribution in [3.63, 3.8) is 0 Å². The zero-order chi connectivity index (χ0) is 21.5. The number of rotatable bonds is 7. The largest absolute Gasteiger partial charge is 0.357 e. The summed E-state index contributed by atoms with van der Waals surface area (Å²) in [6, 6.07) is 13.5. The van der Waals surface area contributed by atoms with Crippen molar-refractivity contribution in [2.75, 3.05) is 31.1 Å². The molecule has 7 nitrogen and oxygen atoms in total. The molecule has 0 saturated carbocycles. The predicted octanol–water partition coefficient (Wildman–Crippen LogP) is 2.78. The molecule has 0 bridgehead atoms. The molecule has 3 aromatic rings. The first-order valence-corrected chi connectivity index (χ1v) is 10.7. The van der Waals surface area contributed by atoms with Gasteiger partial charge in [0.1, 0.15) is 0 Å². The highest BCUT2D eigenvalue weighted by Crippen LogP contribution is 2.20. The van der Waals surface area contributed by atoms with E-state index in [0.717, 1.165) is 37.6 Å². The van der Waals surface area contributed by atoms with Crippen molar-refractivity contribution in [2.45, 2.75) is 25.8 Å². The van der Waals surface area contributed by atoms with Gasteiger partial charge < -0.3 is 15.5 Å². The summed E-state index contributed by atoms with van der Waals surface area (Å²) in [6.45, 7) is 4.99. The Bertz CT molecular complexity index is 985. The van der Waals surface area contributed by atoms with Crippen molar-refractivity contribution in [3.8, 4) is 5.69 Å². The summed E-state index contributed by atoms with van der Waals surface area (Å²) in [7, 11) is 0. The normalized spacial score (nSPS) is 16.5. The lowest BCUT2D eigenvalue weighted by Gasteiger charge is -2.20. The molecule has 2 N–H and O–H groups in total. The van der Waals surface area contributed by atoms with Crippen LogP contribution in [0.3, 0.4) is 0 Å². The minimum Gasteiger partial charge on any atom is -0.357 e. The van der Waals surface area contributed by atoms with Gasteiger partial charge in [-0.1, -0.05) is 12.1 Å². The quantitative estimate of drug-likeness (QED) is 0.454. The summed E-state index contributed by atoms with van der Waals surface area (Å²) in [5, 5.41) is 11.0. The van der Waals surface area contributed by atoms with Crippen LogP contribution < -0.4 is 15.5 Å². The highest BCUT2D eigenvalue weighted by atomic mass is 19.1. The van der Waals surface area contributed by atoms with Gasteiger partial charge >= 0.3 is 0 Å². The Balaban J connectivity index is 1.31. The summed E-state index contributed by atoms with van der Waals surface area (Å²) < 4.78 is 15.9. The van der Waals surface area contributed by atoms with Crippen LogP contribution in [0.2, 0.25) is 0 Å². The van der Waals surface area contributed by atoms with Crippen molar-refractivity contribution in [2.24, 2.45) is 4.99 Å². The topological polar surface area (TPSA) is 70.4 Å². The van der Waals surface area contributed by atoms with E-state index in [1.807, 2.05) is 21.8 Å². The molecule has 1 aromatic carbocycles. The Morgan fingerprint density at radius 3 is 2.81 bits per heavy atom. The maximum Gasteiger partial charge on any atom is 0.191 e. The predicted molar refractivity (Wildman–Crippen MR) is 121 cm³/mol. The second kappa shape index (κ2) is 10.1. The number of hydrogen-bond donors (Lipinski definition) is 2. The minimum atomic E-state index is -0.276. The van der Waals surface area contributed by atoms with E-state index in [0.29, 0.717) is 18.9 Å². The van der Waals surface area contributed by atoms with Crippen LogP contribution in [0, 0.1) is 5.82 Å². The van der Waals surface area contributed by atoms with Gasteiger partial charge in [0.15, 0.2) is 17.6 Å². The Labute approximate surface area is 182 Å². The standard InChI is InChI=1S/C23H28FN7/c1-2-25-23(29-19-11-16-30(17-19)22-21(24)5-3-12-26-22)27-14-10-18-6-8-20(9-7-18)31-15-4-13-28-31/h3-9,12-13,15,19H,2,10-11,14,16-17H2,1H3,(H2,25,27,29). The number of anilines is 1. The summed E-state index contributed by atoms with van der Waals surface area (Å²) in [5.41, 5.74) is 2.27. The third-order valence-electron chi connectivity index (χ3n) is 5.29. The average Bonchev–Trinajstić information content (AvgIpc) is 3.47. The first-order valence-electron chi connectivity index (χ1n) is 10.7. The van der Waals surface area contributed by atoms with E-state index in [2.05, 4.69) is 51.9 Å². The third-order valence-corrected chi connectivity index (χ3v) is 5.29. The van der Waals surface area contributed by atoms with E-state index in [1.54, 1.807) is 18.5 Å². The van der Waals surface area contributed by atoms with Crippen LogP contribution in [-0.2, 0) is 6.42 Å². The van der Waals surface area contributed by atoms with Gasteiger partial charge in [-0.2, -0.15) is 5.10 Å². The molecule has 1 atom stereocenters. The number of hydrogen-bond acceptors (Lipinski definition) is 4. The van der Waals surface area contributed by atoms with Gasteiger partial charge in [0, 0.05) is 50.8 Å². The van der Waals surface area contributed by atoms with Gasteiger partial charge in [-0.25, -0.2) is 14.1 Å². The highest BCUT2D eigenvalue weighted by Gasteiger charge is 2.25. The number of halogens is 1. The van der Waals surface area contributed by atoms with Crippen molar-refractivity contribution in [1.82, 2.24) is 25.4 Å². The summed E-state index contributed by atoms with van der Waals surface area (Å²) in [6.07, 6.45) is 7.10. The lowest BCUT2D eigenvalue weighted by molar-refractivity contribution is 0.612. The Morgan fingerprint density at radius 1 is 1.19 bits per heavy atom. The van der Waals surface area contributed by atoms with Crippen LogP contribution in [0.15, 0.2) is 66.0 Å². The SMILES string of the molecule is CCNC(=NCCc1ccc(-n2cccn2)cc1)NC1CCN(c2ncccc2F)C1. The molecule has 1 unspecified atom stereocenters. The van der Waals surface area contributed by atoms with Crippen LogP contribution in [0.1, 0.15) is 18.9 Å². The molecule has 8 heteroatoms. The molecule has 1 aliphatic rings. The number of nitrogens with one attached hydrogen (secondary N) is 2. The van der Waals surface area contributed by atoms with E-state index in [9.17, 15) is 4.39 Å². The second-order valence-corrected chi connectivity index (χ2v) is 7.51. The molecule has 0 amide bonds. The van der Waals surface area contributed by atoms with Gasteiger partial charge in [-0.05, 0) is 55.7 Å². The van der Waals surface area contributed by atoms with E-state index < -0.39 is 0 Å². The monoisotopic (exact) mass is 421 g/mol. The van der Waals surface area contributed by atoms with Gasteiger partial charge in [-0.15, -0.1) is 0 Å². The van der Waals surface area contributed by atoms with Crippen molar-refractivity contribution >= 4 is 11.8 Å². The van der Waals surface area contributed by atoms with E-state index in [4.69, 9.17) is 4.99 Å². The third kappa shape index (κ3) is 5.39. The molecule has 0 aliphatic carbocycles. The first kappa shape index (κ1) is 20.8. The number of aromatic nitrogens is 3. The van der Waals surface area contributed by atoms with Crippen LogP contribution in [0.4, 0.5) is 10.2 Å². The smallest absolute Gasteiger partial charge is 0.191 e. The molecule has 31 heavy (non-hydrogen) atoms. The number of aliphatic imine (C=N–C) groups is 1. The fraction of sp³-hybridized carbons (Fsp3) is 0.348. The fourth-order valence-electron chi connectivity index (χ4n) is 3.73. The number of pyridine rings is 1. The Hall–Kier alpha value is -3.42. The molecule has 0 radical (unpaired) electrons. The second-order valence-electron chi connectivity index (χ2n) is 7.51. The summed E-state index contributed by atoms with van der Waals surface area (Å²) in [5.74, 6) is 0.943. The van der Waals surface area contributed by atoms with Crippen LogP contribution in [0.5, 0.6) is 0 Å². The van der Waals surface area contributed by atoms with Crippen LogP contribution in [0.25, 0.3) is 5.69 Å². The van der Waals surface area contributed by atoms with E-state index in [-0.39, 0.29) is 11.9 Å². The zero-order valence-electron chi connectivity index (χ0n) is 17.7. The summed E-state index contributed by atoms with van der Waals surface area (Å²) in [4.78, 5) is 10.9. The van der Waals surface area contributed by atoms with Crippen molar-refractivity contribution < 1.29 is 4.39 Å². The Morgan fingerprint density at radius 2 is 2.06 bits per heavy atom. The van der Waals surface area contributed by atoms with Gasteiger partial charge in [-0.3, -0.25) is 4.99 Å². The van der Waals surface area contributed by atoms with Crippen LogP contribution in [-0.4, -0.2) is 52.9 Å². The molecular weight excluding hydrogens is 393 g/mol. The number of guanidine groups is 1. The first-order chi connectivity index (χ1) is 15.2. The number of nitrogens with zero attached hydrogens (tertiary/aromatic N) is 5. The van der Waals surface area contributed by atoms with Crippen LogP contribution >= 0.6 is 0 Å². The average molecular weight is 422 g/mol.